The van der Waals surface area contributed by atoms with E-state index in [0.717, 1.165) is 11.3 Å². The number of rotatable bonds is 1. The molecule has 1 nitrogen and oxygen atoms in total. The summed E-state index contributed by atoms with van der Waals surface area (Å²) >= 11 is 1.92. The minimum Gasteiger partial charge on any atom is -0.251 e. The van der Waals surface area contributed by atoms with E-state index in [9.17, 15) is 0 Å². The Balaban J connectivity index is 1.83. The Hall–Kier alpha value is 0.310. The van der Waals surface area contributed by atoms with Crippen LogP contribution in [0.25, 0.3) is 0 Å². The standard InChI is InChI=1S/C10H19NS/c1-9-7-10(8-9)3-5-11(12-2)6-4-10/h9H,3-8H2,1-2H3. The molecule has 0 aromatic rings. The van der Waals surface area contributed by atoms with Crippen molar-refractivity contribution in [1.29, 1.82) is 0 Å². The molecular weight excluding hydrogens is 166 g/mol. The Kier molecular flexibility index (Phi) is 2.39. The van der Waals surface area contributed by atoms with Crippen molar-refractivity contribution in [2.24, 2.45) is 11.3 Å². The van der Waals surface area contributed by atoms with Crippen LogP contribution in [0.3, 0.4) is 0 Å². The third-order valence-corrected chi connectivity index (χ3v) is 4.49. The first kappa shape index (κ1) is 8.89. The lowest BCUT2D eigenvalue weighted by molar-refractivity contribution is 0.0155. The third-order valence-electron chi connectivity index (χ3n) is 3.60. The average molecular weight is 185 g/mol. The number of hydrogen-bond donors (Lipinski definition) is 0. The molecule has 1 aliphatic carbocycles. The normalized spacial score (nSPS) is 30.5. The van der Waals surface area contributed by atoms with Gasteiger partial charge in [-0.15, -0.1) is 0 Å². The maximum atomic E-state index is 2.51. The van der Waals surface area contributed by atoms with E-state index in [0.29, 0.717) is 0 Å². The smallest absolute Gasteiger partial charge is 0.00945 e. The van der Waals surface area contributed by atoms with Crippen molar-refractivity contribution in [2.75, 3.05) is 19.3 Å². The summed E-state index contributed by atoms with van der Waals surface area (Å²) < 4.78 is 2.51. The van der Waals surface area contributed by atoms with Gasteiger partial charge in [-0.2, -0.15) is 0 Å². The minimum atomic E-state index is 0.797. The predicted octanol–water partition coefficient (Wildman–Crippen LogP) is 2.78. The van der Waals surface area contributed by atoms with Gasteiger partial charge in [-0.05, 0) is 43.3 Å². The molecule has 0 unspecified atom stereocenters. The van der Waals surface area contributed by atoms with Crippen molar-refractivity contribution in [2.45, 2.75) is 32.6 Å². The number of piperidine rings is 1. The van der Waals surface area contributed by atoms with Crippen LogP contribution in [0.2, 0.25) is 0 Å². The maximum absolute atomic E-state index is 2.51. The van der Waals surface area contributed by atoms with E-state index in [1.54, 1.807) is 0 Å². The van der Waals surface area contributed by atoms with Gasteiger partial charge in [0.2, 0.25) is 0 Å². The summed E-state index contributed by atoms with van der Waals surface area (Å²) in [5, 5.41) is 0. The van der Waals surface area contributed by atoms with Gasteiger partial charge in [0.25, 0.3) is 0 Å². The molecule has 1 saturated heterocycles. The van der Waals surface area contributed by atoms with Crippen LogP contribution in [0.15, 0.2) is 0 Å². The molecule has 0 amide bonds. The predicted molar refractivity (Wildman–Crippen MR) is 55.2 cm³/mol. The highest BCUT2D eigenvalue weighted by molar-refractivity contribution is 7.96. The van der Waals surface area contributed by atoms with Crippen LogP contribution in [0.1, 0.15) is 32.6 Å². The van der Waals surface area contributed by atoms with E-state index >= 15 is 0 Å². The summed E-state index contributed by atoms with van der Waals surface area (Å²) in [7, 11) is 0. The molecule has 70 valence electrons. The van der Waals surface area contributed by atoms with Gasteiger partial charge in [0.15, 0.2) is 0 Å². The van der Waals surface area contributed by atoms with Crippen molar-refractivity contribution in [3.05, 3.63) is 0 Å². The van der Waals surface area contributed by atoms with Gasteiger partial charge in [0.05, 0.1) is 0 Å². The summed E-state index contributed by atoms with van der Waals surface area (Å²) in [6.07, 6.45) is 8.13. The molecule has 12 heavy (non-hydrogen) atoms. The fraction of sp³-hybridized carbons (Fsp3) is 1.00. The van der Waals surface area contributed by atoms with Crippen molar-refractivity contribution in [1.82, 2.24) is 4.31 Å². The monoisotopic (exact) mass is 185 g/mol. The van der Waals surface area contributed by atoms with E-state index < -0.39 is 0 Å². The Morgan fingerprint density at radius 2 is 1.83 bits per heavy atom. The first-order chi connectivity index (χ1) is 5.74. The van der Waals surface area contributed by atoms with Crippen LogP contribution < -0.4 is 0 Å². The summed E-state index contributed by atoms with van der Waals surface area (Å²) in [6.45, 7) is 5.05. The molecule has 0 N–H and O–H groups in total. The van der Waals surface area contributed by atoms with Gasteiger partial charge in [0, 0.05) is 13.1 Å². The Labute approximate surface area is 80.0 Å². The second kappa shape index (κ2) is 3.22. The lowest BCUT2D eigenvalue weighted by Gasteiger charge is -2.51. The Bertz CT molecular complexity index is 153. The van der Waals surface area contributed by atoms with Gasteiger partial charge in [0.1, 0.15) is 0 Å². The van der Waals surface area contributed by atoms with Gasteiger partial charge in [-0.25, -0.2) is 0 Å². The van der Waals surface area contributed by atoms with Crippen LogP contribution in [-0.2, 0) is 0 Å². The fourth-order valence-corrected chi connectivity index (χ4v) is 3.52. The minimum absolute atomic E-state index is 0.797. The molecule has 2 aliphatic rings. The molecule has 0 aromatic heterocycles. The molecule has 1 heterocycles. The van der Waals surface area contributed by atoms with Gasteiger partial charge in [-0.1, -0.05) is 18.9 Å². The molecule has 1 aliphatic heterocycles. The van der Waals surface area contributed by atoms with Crippen molar-refractivity contribution in [3.63, 3.8) is 0 Å². The first-order valence-electron chi connectivity index (χ1n) is 5.03. The van der Waals surface area contributed by atoms with Crippen LogP contribution in [0.4, 0.5) is 0 Å². The van der Waals surface area contributed by atoms with Crippen molar-refractivity contribution in [3.8, 4) is 0 Å². The van der Waals surface area contributed by atoms with E-state index in [4.69, 9.17) is 0 Å². The van der Waals surface area contributed by atoms with E-state index in [2.05, 4.69) is 17.5 Å². The molecule has 0 atom stereocenters. The molecule has 0 bridgehead atoms. The maximum Gasteiger partial charge on any atom is 0.00945 e. The second-order valence-electron chi connectivity index (χ2n) is 4.63. The zero-order chi connectivity index (χ0) is 8.60. The molecule has 0 radical (unpaired) electrons. The van der Waals surface area contributed by atoms with Gasteiger partial charge >= 0.3 is 0 Å². The first-order valence-corrected chi connectivity index (χ1v) is 6.21. The lowest BCUT2D eigenvalue weighted by atomic mass is 9.58. The van der Waals surface area contributed by atoms with Crippen LogP contribution in [0.5, 0.6) is 0 Å². The SMILES string of the molecule is CSN1CCC2(CC1)CC(C)C2. The van der Waals surface area contributed by atoms with Crippen molar-refractivity contribution >= 4 is 11.9 Å². The quantitative estimate of drug-likeness (QED) is 0.578. The van der Waals surface area contributed by atoms with E-state index in [1.165, 1.54) is 38.8 Å². The Morgan fingerprint density at radius 1 is 1.25 bits per heavy atom. The van der Waals surface area contributed by atoms with E-state index in [-0.39, 0.29) is 0 Å². The van der Waals surface area contributed by atoms with Crippen LogP contribution in [-0.4, -0.2) is 23.7 Å². The largest absolute Gasteiger partial charge is 0.251 e. The zero-order valence-corrected chi connectivity index (χ0v) is 8.99. The fourth-order valence-electron chi connectivity index (χ4n) is 2.97. The summed E-state index contributed by atoms with van der Waals surface area (Å²) in [6, 6.07) is 0. The summed E-state index contributed by atoms with van der Waals surface area (Å²) in [4.78, 5) is 0. The van der Waals surface area contributed by atoms with Crippen LogP contribution in [0, 0.1) is 11.3 Å². The third kappa shape index (κ3) is 1.51. The molecule has 2 heteroatoms. The molecule has 2 rings (SSSR count). The topological polar surface area (TPSA) is 3.24 Å². The highest BCUT2D eigenvalue weighted by atomic mass is 32.2. The van der Waals surface area contributed by atoms with E-state index in [1.807, 2.05) is 11.9 Å². The lowest BCUT2D eigenvalue weighted by Crippen LogP contribution is -2.44. The molecular formula is C10H19NS. The molecule has 1 spiro atoms. The molecule has 1 saturated carbocycles. The second-order valence-corrected chi connectivity index (χ2v) is 5.51. The molecule has 2 fully saturated rings. The number of hydrogen-bond acceptors (Lipinski definition) is 2. The highest BCUT2D eigenvalue weighted by Gasteiger charge is 2.43. The highest BCUT2D eigenvalue weighted by Crippen LogP contribution is 2.52. The zero-order valence-electron chi connectivity index (χ0n) is 8.18. The molecule has 0 aromatic carbocycles. The van der Waals surface area contributed by atoms with Crippen molar-refractivity contribution < 1.29 is 0 Å². The van der Waals surface area contributed by atoms with Gasteiger partial charge < -0.3 is 0 Å². The Morgan fingerprint density at radius 3 is 2.25 bits per heavy atom. The summed E-state index contributed by atoms with van der Waals surface area (Å²) in [5.74, 6) is 1.02. The average Bonchev–Trinajstić information content (AvgIpc) is 2.04. The van der Waals surface area contributed by atoms with Gasteiger partial charge in [-0.3, -0.25) is 4.31 Å². The van der Waals surface area contributed by atoms with Crippen LogP contribution >= 0.6 is 11.9 Å². The number of nitrogens with zero attached hydrogens (tertiary/aromatic N) is 1. The summed E-state index contributed by atoms with van der Waals surface area (Å²) in [5.41, 5.74) is 0.797.